The van der Waals surface area contributed by atoms with Gasteiger partial charge in [-0.2, -0.15) is 0 Å². The van der Waals surface area contributed by atoms with Gasteiger partial charge >= 0.3 is 5.97 Å². The molecule has 0 spiro atoms. The Hall–Kier alpha value is -2.13. The zero-order chi connectivity index (χ0) is 15.8. The number of carbonyl (C=O) groups is 1. The van der Waals surface area contributed by atoms with Crippen molar-refractivity contribution in [3.05, 3.63) is 71.3 Å². The van der Waals surface area contributed by atoms with Gasteiger partial charge < -0.3 is 10.4 Å². The van der Waals surface area contributed by atoms with Crippen LogP contribution in [0.1, 0.15) is 29.5 Å². The van der Waals surface area contributed by atoms with E-state index in [0.717, 1.165) is 13.0 Å². The number of nitrogens with one attached hydrogen (secondary N) is 1. The zero-order valence-electron chi connectivity index (χ0n) is 13.0. The van der Waals surface area contributed by atoms with Gasteiger partial charge in [-0.1, -0.05) is 60.2 Å². The number of rotatable bonds is 8. The fourth-order valence-corrected chi connectivity index (χ4v) is 2.56. The van der Waals surface area contributed by atoms with Crippen LogP contribution in [0.25, 0.3) is 0 Å². The maximum absolute atomic E-state index is 10.8. The van der Waals surface area contributed by atoms with Crippen LogP contribution >= 0.6 is 0 Å². The Labute approximate surface area is 132 Å². The van der Waals surface area contributed by atoms with E-state index in [1.807, 2.05) is 18.2 Å². The van der Waals surface area contributed by atoms with Crippen LogP contribution in [0.5, 0.6) is 0 Å². The van der Waals surface area contributed by atoms with Crippen molar-refractivity contribution < 1.29 is 9.90 Å². The Balaban J connectivity index is 1.96. The number of aliphatic carboxylic acids is 1. The average Bonchev–Trinajstić information content (AvgIpc) is 2.51. The number of benzene rings is 2. The number of carboxylic acid groups (broad SMARTS) is 1. The Morgan fingerprint density at radius 2 is 1.82 bits per heavy atom. The van der Waals surface area contributed by atoms with E-state index in [2.05, 4.69) is 48.6 Å². The summed E-state index contributed by atoms with van der Waals surface area (Å²) in [5, 5.41) is 12.4. The molecule has 2 N–H and O–H groups in total. The highest BCUT2D eigenvalue weighted by Gasteiger charge is 2.11. The van der Waals surface area contributed by atoms with Crippen LogP contribution < -0.4 is 5.32 Å². The molecule has 2 aromatic rings. The van der Waals surface area contributed by atoms with Gasteiger partial charge in [0.1, 0.15) is 0 Å². The minimum Gasteiger partial charge on any atom is -0.481 e. The number of hydrogen-bond donors (Lipinski definition) is 2. The quantitative estimate of drug-likeness (QED) is 0.783. The second-order valence-electron chi connectivity index (χ2n) is 5.69. The lowest BCUT2D eigenvalue weighted by molar-refractivity contribution is -0.137. The lowest BCUT2D eigenvalue weighted by atomic mass is 10.0. The first-order chi connectivity index (χ1) is 10.6. The predicted molar refractivity (Wildman–Crippen MR) is 88.8 cm³/mol. The summed E-state index contributed by atoms with van der Waals surface area (Å²) in [4.78, 5) is 10.8. The third-order valence-corrected chi connectivity index (χ3v) is 3.71. The second-order valence-corrected chi connectivity index (χ2v) is 5.69. The average molecular weight is 297 g/mol. The SMILES string of the molecule is Cc1cccc(CNC(CCC(=O)O)Cc2ccccc2)c1. The molecule has 0 aromatic heterocycles. The van der Waals surface area contributed by atoms with Crippen LogP contribution in [0, 0.1) is 6.92 Å². The van der Waals surface area contributed by atoms with Crippen molar-refractivity contribution in [1.29, 1.82) is 0 Å². The second kappa shape index (κ2) is 8.35. The highest BCUT2D eigenvalue weighted by molar-refractivity contribution is 5.66. The largest absolute Gasteiger partial charge is 0.481 e. The molecular weight excluding hydrogens is 274 g/mol. The van der Waals surface area contributed by atoms with E-state index in [4.69, 9.17) is 5.11 Å². The van der Waals surface area contributed by atoms with Gasteiger partial charge in [-0.3, -0.25) is 4.79 Å². The van der Waals surface area contributed by atoms with E-state index in [1.165, 1.54) is 16.7 Å². The molecule has 0 saturated heterocycles. The fraction of sp³-hybridized carbons (Fsp3) is 0.316. The summed E-state index contributed by atoms with van der Waals surface area (Å²) in [6, 6.07) is 18.7. The molecule has 3 nitrogen and oxygen atoms in total. The molecule has 3 heteroatoms. The maximum atomic E-state index is 10.8. The van der Waals surface area contributed by atoms with E-state index in [-0.39, 0.29) is 12.5 Å². The molecule has 0 aliphatic rings. The first kappa shape index (κ1) is 16.2. The molecule has 0 amide bonds. The van der Waals surface area contributed by atoms with Gasteiger partial charge in [0.15, 0.2) is 0 Å². The number of aryl methyl sites for hydroxylation is 1. The molecule has 1 unspecified atom stereocenters. The normalized spacial score (nSPS) is 12.0. The Morgan fingerprint density at radius 1 is 1.09 bits per heavy atom. The van der Waals surface area contributed by atoms with Gasteiger partial charge in [0.25, 0.3) is 0 Å². The highest BCUT2D eigenvalue weighted by atomic mass is 16.4. The molecule has 0 radical (unpaired) electrons. The number of carboxylic acids is 1. The van der Waals surface area contributed by atoms with Gasteiger partial charge in [-0.25, -0.2) is 0 Å². The number of hydrogen-bond acceptors (Lipinski definition) is 2. The molecule has 0 aliphatic heterocycles. The van der Waals surface area contributed by atoms with E-state index >= 15 is 0 Å². The third-order valence-electron chi connectivity index (χ3n) is 3.71. The zero-order valence-corrected chi connectivity index (χ0v) is 13.0. The van der Waals surface area contributed by atoms with Crippen molar-refractivity contribution in [3.8, 4) is 0 Å². The van der Waals surface area contributed by atoms with Crippen molar-refractivity contribution in [2.24, 2.45) is 0 Å². The molecule has 0 aliphatic carbocycles. The van der Waals surface area contributed by atoms with Crippen LogP contribution in [0.3, 0.4) is 0 Å². The van der Waals surface area contributed by atoms with E-state index in [1.54, 1.807) is 0 Å². The summed E-state index contributed by atoms with van der Waals surface area (Å²) in [6.07, 6.45) is 1.67. The van der Waals surface area contributed by atoms with Gasteiger partial charge in [-0.15, -0.1) is 0 Å². The van der Waals surface area contributed by atoms with Crippen molar-refractivity contribution in [1.82, 2.24) is 5.32 Å². The van der Waals surface area contributed by atoms with Gasteiger partial charge in [0.2, 0.25) is 0 Å². The maximum Gasteiger partial charge on any atom is 0.303 e. The topological polar surface area (TPSA) is 49.3 Å². The first-order valence-corrected chi connectivity index (χ1v) is 7.68. The summed E-state index contributed by atoms with van der Waals surface area (Å²) in [6.45, 7) is 2.84. The molecule has 0 bridgehead atoms. The molecule has 2 rings (SSSR count). The molecule has 0 fully saturated rings. The summed E-state index contributed by atoms with van der Waals surface area (Å²) >= 11 is 0. The first-order valence-electron chi connectivity index (χ1n) is 7.68. The standard InChI is InChI=1S/C19H23NO2/c1-15-6-5-9-17(12-15)14-20-18(10-11-19(21)22)13-16-7-3-2-4-8-16/h2-9,12,18,20H,10-11,13-14H2,1H3,(H,21,22). The summed E-state index contributed by atoms with van der Waals surface area (Å²) in [7, 11) is 0. The van der Waals surface area contributed by atoms with E-state index in [0.29, 0.717) is 6.42 Å². The Morgan fingerprint density at radius 3 is 2.50 bits per heavy atom. The molecule has 0 saturated carbocycles. The lowest BCUT2D eigenvalue weighted by Crippen LogP contribution is -2.31. The summed E-state index contributed by atoms with van der Waals surface area (Å²) in [5.74, 6) is -0.740. The lowest BCUT2D eigenvalue weighted by Gasteiger charge is -2.18. The molecule has 2 aromatic carbocycles. The smallest absolute Gasteiger partial charge is 0.303 e. The minimum atomic E-state index is -0.740. The molecule has 1 atom stereocenters. The van der Waals surface area contributed by atoms with Crippen LogP contribution in [0.15, 0.2) is 54.6 Å². The molecule has 0 heterocycles. The minimum absolute atomic E-state index is 0.166. The highest BCUT2D eigenvalue weighted by Crippen LogP contribution is 2.10. The Kier molecular flexibility index (Phi) is 6.16. The van der Waals surface area contributed by atoms with Crippen molar-refractivity contribution >= 4 is 5.97 Å². The summed E-state index contributed by atoms with van der Waals surface area (Å²) in [5.41, 5.74) is 3.70. The molecule has 116 valence electrons. The molecule has 22 heavy (non-hydrogen) atoms. The Bertz CT molecular complexity index is 595. The van der Waals surface area contributed by atoms with E-state index in [9.17, 15) is 4.79 Å². The van der Waals surface area contributed by atoms with Crippen LogP contribution in [-0.4, -0.2) is 17.1 Å². The van der Waals surface area contributed by atoms with Crippen LogP contribution in [-0.2, 0) is 17.8 Å². The van der Waals surface area contributed by atoms with Gasteiger partial charge in [0, 0.05) is 19.0 Å². The monoisotopic (exact) mass is 297 g/mol. The van der Waals surface area contributed by atoms with Gasteiger partial charge in [0.05, 0.1) is 0 Å². The fourth-order valence-electron chi connectivity index (χ4n) is 2.56. The van der Waals surface area contributed by atoms with Crippen molar-refractivity contribution in [2.75, 3.05) is 0 Å². The third kappa shape index (κ3) is 5.70. The molecular formula is C19H23NO2. The van der Waals surface area contributed by atoms with E-state index < -0.39 is 5.97 Å². The van der Waals surface area contributed by atoms with Crippen molar-refractivity contribution in [3.63, 3.8) is 0 Å². The van der Waals surface area contributed by atoms with Crippen LogP contribution in [0.4, 0.5) is 0 Å². The summed E-state index contributed by atoms with van der Waals surface area (Å²) < 4.78 is 0. The van der Waals surface area contributed by atoms with Gasteiger partial charge in [-0.05, 0) is 30.9 Å². The van der Waals surface area contributed by atoms with Crippen LogP contribution in [0.2, 0.25) is 0 Å². The van der Waals surface area contributed by atoms with Crippen molar-refractivity contribution in [2.45, 2.75) is 38.8 Å². The predicted octanol–water partition coefficient (Wildman–Crippen LogP) is 3.56.